The lowest BCUT2D eigenvalue weighted by Gasteiger charge is -2.37. The van der Waals surface area contributed by atoms with Crippen molar-refractivity contribution in [1.82, 2.24) is 9.97 Å². The van der Waals surface area contributed by atoms with Gasteiger partial charge < -0.3 is 9.32 Å². The third-order valence-corrected chi connectivity index (χ3v) is 5.87. The van der Waals surface area contributed by atoms with Crippen molar-refractivity contribution in [2.24, 2.45) is 0 Å². The highest BCUT2D eigenvalue weighted by atomic mass is 16.3. The molecular formula is C26H21N3O. The average molecular weight is 391 g/mol. The van der Waals surface area contributed by atoms with Crippen LogP contribution in [0.15, 0.2) is 71.7 Å². The van der Waals surface area contributed by atoms with Crippen LogP contribution in [-0.4, -0.2) is 15.5 Å². The van der Waals surface area contributed by atoms with E-state index in [2.05, 4.69) is 90.4 Å². The number of para-hydroxylation sites is 1. The quantitative estimate of drug-likeness (QED) is 0.316. The zero-order valence-electron chi connectivity index (χ0n) is 17.2. The highest BCUT2D eigenvalue weighted by Gasteiger charge is 2.27. The summed E-state index contributed by atoms with van der Waals surface area (Å²) in [5.41, 5.74) is 6.07. The highest BCUT2D eigenvalue weighted by molar-refractivity contribution is 6.20. The van der Waals surface area contributed by atoms with Crippen LogP contribution in [0.5, 0.6) is 0 Å². The molecule has 0 aliphatic carbocycles. The SMILES string of the molecule is CC(C)(C)N1C=Cc2c3c1cccc3cc1oc3c(-c4ccncn4)cccc3c21. The molecule has 4 nitrogen and oxygen atoms in total. The van der Waals surface area contributed by atoms with Crippen LogP contribution in [-0.2, 0) is 0 Å². The van der Waals surface area contributed by atoms with Crippen LogP contribution in [0.1, 0.15) is 26.3 Å². The molecule has 1 aliphatic heterocycles. The van der Waals surface area contributed by atoms with Crippen LogP contribution in [0.3, 0.4) is 0 Å². The molecule has 4 heteroatoms. The van der Waals surface area contributed by atoms with Crippen LogP contribution in [0.4, 0.5) is 5.69 Å². The fourth-order valence-electron chi connectivity index (χ4n) is 4.59. The minimum Gasteiger partial charge on any atom is -0.455 e. The number of hydrogen-bond acceptors (Lipinski definition) is 4. The molecule has 0 bridgehead atoms. The molecule has 0 N–H and O–H groups in total. The van der Waals surface area contributed by atoms with Crippen molar-refractivity contribution >= 4 is 44.5 Å². The summed E-state index contributed by atoms with van der Waals surface area (Å²) in [5, 5.41) is 4.74. The van der Waals surface area contributed by atoms with Crippen molar-refractivity contribution < 1.29 is 4.42 Å². The lowest BCUT2D eigenvalue weighted by Crippen LogP contribution is -2.38. The van der Waals surface area contributed by atoms with E-state index in [1.54, 1.807) is 12.5 Å². The van der Waals surface area contributed by atoms with Gasteiger partial charge in [0.25, 0.3) is 0 Å². The van der Waals surface area contributed by atoms with E-state index in [0.29, 0.717) is 0 Å². The Morgan fingerprint density at radius 3 is 2.63 bits per heavy atom. The molecule has 5 aromatic rings. The van der Waals surface area contributed by atoms with Crippen LogP contribution < -0.4 is 4.90 Å². The molecule has 0 radical (unpaired) electrons. The molecule has 0 atom stereocenters. The lowest BCUT2D eigenvalue weighted by atomic mass is 9.92. The van der Waals surface area contributed by atoms with Crippen LogP contribution in [0.25, 0.3) is 50.0 Å². The van der Waals surface area contributed by atoms with E-state index in [-0.39, 0.29) is 5.54 Å². The highest BCUT2D eigenvalue weighted by Crippen LogP contribution is 2.45. The van der Waals surface area contributed by atoms with E-state index in [4.69, 9.17) is 4.42 Å². The summed E-state index contributed by atoms with van der Waals surface area (Å²) in [7, 11) is 0. The first-order valence-corrected chi connectivity index (χ1v) is 10.2. The Balaban J connectivity index is 1.74. The Labute approximate surface area is 174 Å². The van der Waals surface area contributed by atoms with Crippen LogP contribution >= 0.6 is 0 Å². The predicted molar refractivity (Wildman–Crippen MR) is 124 cm³/mol. The van der Waals surface area contributed by atoms with Gasteiger partial charge in [0, 0.05) is 45.3 Å². The van der Waals surface area contributed by atoms with Gasteiger partial charge in [-0.25, -0.2) is 9.97 Å². The molecule has 0 saturated carbocycles. The molecule has 30 heavy (non-hydrogen) atoms. The van der Waals surface area contributed by atoms with E-state index in [1.165, 1.54) is 22.0 Å². The third kappa shape index (κ3) is 2.34. The molecular weight excluding hydrogens is 370 g/mol. The maximum Gasteiger partial charge on any atom is 0.144 e. The fourth-order valence-corrected chi connectivity index (χ4v) is 4.59. The molecule has 146 valence electrons. The van der Waals surface area contributed by atoms with Gasteiger partial charge >= 0.3 is 0 Å². The number of rotatable bonds is 1. The van der Waals surface area contributed by atoms with Gasteiger partial charge in [0.2, 0.25) is 0 Å². The predicted octanol–water partition coefficient (Wildman–Crippen LogP) is 6.79. The Morgan fingerprint density at radius 1 is 0.967 bits per heavy atom. The van der Waals surface area contributed by atoms with Crippen molar-refractivity contribution in [3.05, 3.63) is 72.8 Å². The Kier molecular flexibility index (Phi) is 3.40. The minimum atomic E-state index is -0.00389. The zero-order chi connectivity index (χ0) is 20.5. The summed E-state index contributed by atoms with van der Waals surface area (Å²) < 4.78 is 6.44. The van der Waals surface area contributed by atoms with Gasteiger partial charge in [-0.3, -0.25) is 0 Å². The van der Waals surface area contributed by atoms with Gasteiger partial charge in [0.05, 0.1) is 5.69 Å². The standard InChI is InChI=1S/C26H21N3O/c1-26(2,3)29-13-11-18-23-16(6-4-9-21(23)29)14-22-24(18)19-8-5-7-17(25(19)30-22)20-10-12-27-15-28-20/h4-15H,1-3H3. The van der Waals surface area contributed by atoms with E-state index < -0.39 is 0 Å². The number of anilines is 1. The van der Waals surface area contributed by atoms with Crippen LogP contribution in [0, 0.1) is 0 Å². The molecule has 6 rings (SSSR count). The van der Waals surface area contributed by atoms with Gasteiger partial charge in [-0.1, -0.05) is 24.3 Å². The summed E-state index contributed by atoms with van der Waals surface area (Å²) in [6.07, 6.45) is 7.77. The molecule has 2 aromatic heterocycles. The number of aromatic nitrogens is 2. The van der Waals surface area contributed by atoms with E-state index in [1.807, 2.05) is 6.07 Å². The molecule has 0 fully saturated rings. The number of benzene rings is 3. The normalized spacial score (nSPS) is 13.6. The molecule has 0 unspecified atom stereocenters. The lowest BCUT2D eigenvalue weighted by molar-refractivity contribution is 0.557. The second-order valence-electron chi connectivity index (χ2n) is 8.77. The van der Waals surface area contributed by atoms with Crippen molar-refractivity contribution in [2.75, 3.05) is 4.90 Å². The average Bonchev–Trinajstić information content (AvgIpc) is 3.12. The molecule has 3 aromatic carbocycles. The summed E-state index contributed by atoms with van der Waals surface area (Å²) >= 11 is 0. The van der Waals surface area contributed by atoms with Crippen molar-refractivity contribution in [3.63, 3.8) is 0 Å². The molecule has 0 saturated heterocycles. The molecule has 0 spiro atoms. The molecule has 0 amide bonds. The Bertz CT molecular complexity index is 1470. The summed E-state index contributed by atoms with van der Waals surface area (Å²) in [5.74, 6) is 0. The second kappa shape index (κ2) is 5.92. The smallest absolute Gasteiger partial charge is 0.144 e. The Hall–Kier alpha value is -3.66. The van der Waals surface area contributed by atoms with E-state index >= 15 is 0 Å². The van der Waals surface area contributed by atoms with Crippen molar-refractivity contribution in [3.8, 4) is 11.3 Å². The van der Waals surface area contributed by atoms with Gasteiger partial charge in [0.1, 0.15) is 17.5 Å². The molecule has 1 aliphatic rings. The van der Waals surface area contributed by atoms with Crippen molar-refractivity contribution in [2.45, 2.75) is 26.3 Å². The number of nitrogens with zero attached hydrogens (tertiary/aromatic N) is 3. The topological polar surface area (TPSA) is 42.2 Å². The van der Waals surface area contributed by atoms with Gasteiger partial charge in [-0.15, -0.1) is 0 Å². The number of furan rings is 1. The van der Waals surface area contributed by atoms with E-state index in [0.717, 1.165) is 33.2 Å². The first-order valence-electron chi connectivity index (χ1n) is 10.2. The maximum atomic E-state index is 6.44. The summed E-state index contributed by atoms with van der Waals surface area (Å²) in [6.45, 7) is 6.71. The zero-order valence-corrected chi connectivity index (χ0v) is 17.2. The van der Waals surface area contributed by atoms with Crippen molar-refractivity contribution in [1.29, 1.82) is 0 Å². The van der Waals surface area contributed by atoms with Gasteiger partial charge in [0.15, 0.2) is 0 Å². The van der Waals surface area contributed by atoms with Gasteiger partial charge in [-0.2, -0.15) is 0 Å². The second-order valence-corrected chi connectivity index (χ2v) is 8.77. The van der Waals surface area contributed by atoms with Gasteiger partial charge in [-0.05, 0) is 62.1 Å². The first kappa shape index (κ1) is 17.2. The number of hydrogen-bond donors (Lipinski definition) is 0. The maximum absolute atomic E-state index is 6.44. The van der Waals surface area contributed by atoms with Crippen LogP contribution in [0.2, 0.25) is 0 Å². The summed E-state index contributed by atoms with van der Waals surface area (Å²) in [4.78, 5) is 10.8. The molecule has 3 heterocycles. The Morgan fingerprint density at radius 2 is 1.83 bits per heavy atom. The first-order chi connectivity index (χ1) is 14.5. The monoisotopic (exact) mass is 391 g/mol. The largest absolute Gasteiger partial charge is 0.455 e. The fraction of sp³-hybridized carbons (Fsp3) is 0.154. The van der Waals surface area contributed by atoms with E-state index in [9.17, 15) is 0 Å². The minimum absolute atomic E-state index is 0.00389. The summed E-state index contributed by atoms with van der Waals surface area (Å²) in [6, 6.07) is 16.9. The third-order valence-electron chi connectivity index (χ3n) is 5.87. The number of fused-ring (bicyclic) bond motifs is 4.